The third-order valence-electron chi connectivity index (χ3n) is 10.8. The normalized spacial score (nSPS) is 15.9. The Labute approximate surface area is 339 Å². The van der Waals surface area contributed by atoms with E-state index in [0.717, 1.165) is 58.6 Å². The minimum atomic E-state index is -0.322. The van der Waals surface area contributed by atoms with Crippen LogP contribution in [-0.2, 0) is 9.59 Å². The molecule has 0 spiro atoms. The molecule has 0 bridgehead atoms. The van der Waals surface area contributed by atoms with Gasteiger partial charge < -0.3 is 20.4 Å². The van der Waals surface area contributed by atoms with Gasteiger partial charge >= 0.3 is 0 Å². The zero-order valence-electron chi connectivity index (χ0n) is 32.3. The Hall–Kier alpha value is -7.46. The number of aliphatic hydroxyl groups is 3. The number of aliphatic hydroxyl groups excluding tert-OH is 3. The van der Waals surface area contributed by atoms with Crippen LogP contribution >= 0.6 is 0 Å². The van der Waals surface area contributed by atoms with Crippen molar-refractivity contribution in [3.05, 3.63) is 178 Å². The molecule has 0 amide bonds. The van der Waals surface area contributed by atoms with E-state index in [4.69, 9.17) is 0 Å². The second-order valence-electron chi connectivity index (χ2n) is 14.8. The molecule has 0 unspecified atom stereocenters. The summed E-state index contributed by atoms with van der Waals surface area (Å²) in [5.41, 5.74) is 7.37. The molecule has 4 N–H and O–H groups in total. The number of fused-ring (bicyclic) bond motifs is 3. The summed E-state index contributed by atoms with van der Waals surface area (Å²) in [6.45, 7) is 4.29. The number of Topliss-reactive ketones (excluding diaryl/α,β-unsaturated/α-hetero) is 2. The van der Waals surface area contributed by atoms with Crippen molar-refractivity contribution in [1.29, 1.82) is 0 Å². The summed E-state index contributed by atoms with van der Waals surface area (Å²) in [5.74, 6) is -0.218. The molecule has 3 heterocycles. The van der Waals surface area contributed by atoms with E-state index in [-0.39, 0.29) is 57.2 Å². The van der Waals surface area contributed by atoms with E-state index >= 15 is 0 Å². The molecular formula is C49H39N3O7. The molecule has 292 valence electrons. The third kappa shape index (κ3) is 7.21. The van der Waals surface area contributed by atoms with Gasteiger partial charge in [0.25, 0.3) is 0 Å². The Morgan fingerprint density at radius 3 is 1.92 bits per heavy atom. The minimum absolute atomic E-state index is 0.0133. The summed E-state index contributed by atoms with van der Waals surface area (Å²) in [7, 11) is 0. The van der Waals surface area contributed by atoms with E-state index in [1.165, 1.54) is 30.0 Å². The topological polar surface area (TPSA) is 171 Å². The highest BCUT2D eigenvalue weighted by atomic mass is 16.3. The second kappa shape index (κ2) is 15.8. The van der Waals surface area contributed by atoms with Crippen LogP contribution in [0.3, 0.4) is 0 Å². The molecule has 3 aromatic carbocycles. The molecule has 10 nitrogen and oxygen atoms in total. The summed E-state index contributed by atoms with van der Waals surface area (Å²) in [4.78, 5) is 49.5. The van der Waals surface area contributed by atoms with E-state index in [1.807, 2.05) is 54.6 Å². The molecule has 10 heteroatoms. The van der Waals surface area contributed by atoms with Gasteiger partial charge in [-0.1, -0.05) is 74.5 Å². The van der Waals surface area contributed by atoms with Crippen LogP contribution in [0.4, 0.5) is 0 Å². The van der Waals surface area contributed by atoms with Crippen molar-refractivity contribution < 1.29 is 34.8 Å². The van der Waals surface area contributed by atoms with Crippen LogP contribution in [-0.4, -0.2) is 52.7 Å². The fourth-order valence-electron chi connectivity index (χ4n) is 7.69. The van der Waals surface area contributed by atoms with Crippen LogP contribution in [0.15, 0.2) is 144 Å². The lowest BCUT2D eigenvalue weighted by Gasteiger charge is -2.12. The Kier molecular flexibility index (Phi) is 10.3. The average molecular weight is 782 g/mol. The standard InChI is InChI=1S/C18H15NO2.C17H15NO2.C14H9NO3/c20-17-12-6-2-3-7-13(12)18(21)16(17)15-10-9-11-5-1-4-8-14(11)19-15;1-10(2)11-3-5-13-12(9-11)4-6-14(18-13)17-15(19)7-8-16(17)20;16-10-6-3-7-15-12(10)11-13(17)8-4-1-2-5-9(8)14(11)18/h1,4-5,8-10,20H,2-3,6-7H2;3-10,19H,1-2H3;1-7,16-17H. The minimum Gasteiger partial charge on any atom is -0.507 e. The molecule has 0 aliphatic heterocycles. The summed E-state index contributed by atoms with van der Waals surface area (Å²) >= 11 is 0. The van der Waals surface area contributed by atoms with E-state index in [9.17, 15) is 34.8 Å². The summed E-state index contributed by atoms with van der Waals surface area (Å²) in [6.07, 6.45) is 7.86. The number of pyridine rings is 3. The number of rotatable bonds is 4. The predicted molar refractivity (Wildman–Crippen MR) is 227 cm³/mol. The van der Waals surface area contributed by atoms with Crippen LogP contribution in [0.25, 0.3) is 44.3 Å². The fourth-order valence-corrected chi connectivity index (χ4v) is 7.69. The lowest BCUT2D eigenvalue weighted by molar-refractivity contribution is -0.111. The quantitative estimate of drug-likeness (QED) is 0.135. The summed E-state index contributed by atoms with van der Waals surface area (Å²) in [6, 6.07) is 31.2. The maximum atomic E-state index is 12.6. The maximum absolute atomic E-state index is 12.6. The molecule has 0 fully saturated rings. The Morgan fingerprint density at radius 1 is 0.576 bits per heavy atom. The van der Waals surface area contributed by atoms with E-state index in [1.54, 1.807) is 36.4 Å². The number of hydrogen-bond acceptors (Lipinski definition) is 10. The van der Waals surface area contributed by atoms with Gasteiger partial charge in [-0.2, -0.15) is 0 Å². The van der Waals surface area contributed by atoms with Gasteiger partial charge in [0.15, 0.2) is 17.3 Å². The molecule has 0 atom stereocenters. The Bertz CT molecular complexity index is 2910. The highest BCUT2D eigenvalue weighted by Crippen LogP contribution is 2.41. The van der Waals surface area contributed by atoms with Gasteiger partial charge in [-0.15, -0.1) is 0 Å². The van der Waals surface area contributed by atoms with Gasteiger partial charge in [0.2, 0.25) is 0 Å². The first-order valence-corrected chi connectivity index (χ1v) is 19.4. The maximum Gasteiger partial charge on any atom is 0.199 e. The van der Waals surface area contributed by atoms with Gasteiger partial charge in [0.1, 0.15) is 28.7 Å². The van der Waals surface area contributed by atoms with Crippen molar-refractivity contribution in [1.82, 2.24) is 15.0 Å². The Morgan fingerprint density at radius 2 is 1.24 bits per heavy atom. The zero-order valence-corrected chi connectivity index (χ0v) is 32.3. The predicted octanol–water partition coefficient (Wildman–Crippen LogP) is 10.1. The van der Waals surface area contributed by atoms with Crippen molar-refractivity contribution in [3.63, 3.8) is 0 Å². The first-order valence-electron chi connectivity index (χ1n) is 19.4. The number of hydrogen-bond donors (Lipinski definition) is 4. The summed E-state index contributed by atoms with van der Waals surface area (Å²) in [5, 5.41) is 42.1. The third-order valence-corrected chi connectivity index (χ3v) is 10.8. The SMILES string of the molecule is CC(C)c1ccc2nc(C3=C(O)C=CC3=O)ccc2c1.O=C1C(c2ncccc2O)=C(O)c2ccccc21.O=C1C2=C(CCCC2)C(O)=C1c1ccc2ccccc2n1. The van der Waals surface area contributed by atoms with E-state index in [2.05, 4.69) is 34.9 Å². The number of ketones is 3. The zero-order chi connectivity index (χ0) is 41.4. The number of carbonyl (C=O) groups is 3. The van der Waals surface area contributed by atoms with Gasteiger partial charge in [-0.05, 0) is 91.8 Å². The van der Waals surface area contributed by atoms with Crippen molar-refractivity contribution in [3.8, 4) is 5.75 Å². The molecule has 4 aliphatic carbocycles. The number of allylic oxidation sites excluding steroid dienone is 7. The second-order valence-corrected chi connectivity index (χ2v) is 14.8. The number of nitrogens with zero attached hydrogens (tertiary/aromatic N) is 3. The monoisotopic (exact) mass is 781 g/mol. The van der Waals surface area contributed by atoms with E-state index in [0.29, 0.717) is 34.0 Å². The van der Waals surface area contributed by atoms with Crippen LogP contribution in [0.2, 0.25) is 0 Å². The van der Waals surface area contributed by atoms with Crippen molar-refractivity contribution in [2.75, 3.05) is 0 Å². The molecule has 4 aliphatic rings. The number of benzene rings is 3. The van der Waals surface area contributed by atoms with Crippen LogP contribution in [0.1, 0.15) is 84.0 Å². The van der Waals surface area contributed by atoms with Gasteiger partial charge in [0.05, 0.1) is 39.1 Å². The van der Waals surface area contributed by atoms with Gasteiger partial charge in [-0.3, -0.25) is 19.4 Å². The molecular weight excluding hydrogens is 743 g/mol. The fraction of sp³-hybridized carbons (Fsp3) is 0.143. The molecule has 6 aromatic rings. The largest absolute Gasteiger partial charge is 0.507 e. The number of aromatic nitrogens is 3. The van der Waals surface area contributed by atoms with Crippen molar-refractivity contribution in [2.45, 2.75) is 45.4 Å². The van der Waals surface area contributed by atoms with Gasteiger partial charge in [0, 0.05) is 39.2 Å². The van der Waals surface area contributed by atoms with Crippen molar-refractivity contribution in [2.24, 2.45) is 0 Å². The average Bonchev–Trinajstić information content (AvgIpc) is 3.83. The molecule has 10 rings (SSSR count). The number of para-hydroxylation sites is 1. The smallest absolute Gasteiger partial charge is 0.199 e. The molecule has 0 saturated carbocycles. The van der Waals surface area contributed by atoms with Crippen LogP contribution in [0, 0.1) is 0 Å². The van der Waals surface area contributed by atoms with Crippen LogP contribution < -0.4 is 0 Å². The molecule has 59 heavy (non-hydrogen) atoms. The van der Waals surface area contributed by atoms with E-state index < -0.39 is 0 Å². The first kappa shape index (κ1) is 38.4. The lowest BCUT2D eigenvalue weighted by Crippen LogP contribution is -2.05. The number of carbonyl (C=O) groups excluding carboxylic acids is 3. The van der Waals surface area contributed by atoms with Gasteiger partial charge in [-0.25, -0.2) is 9.97 Å². The Balaban J connectivity index is 0.000000123. The highest BCUT2D eigenvalue weighted by Gasteiger charge is 2.35. The highest BCUT2D eigenvalue weighted by molar-refractivity contribution is 6.39. The first-order chi connectivity index (χ1) is 28.5. The summed E-state index contributed by atoms with van der Waals surface area (Å²) < 4.78 is 0. The lowest BCUT2D eigenvalue weighted by atomic mass is 9.92. The van der Waals surface area contributed by atoms with Crippen molar-refractivity contribution >= 4 is 61.6 Å². The molecule has 3 aromatic heterocycles. The number of aromatic hydroxyl groups is 1. The van der Waals surface area contributed by atoms with Crippen LogP contribution in [0.5, 0.6) is 5.75 Å². The molecule has 0 saturated heterocycles. The molecule has 0 radical (unpaired) electrons.